The number of hydrogen-bond acceptors (Lipinski definition) is 7. The molecule has 1 aromatic carbocycles. The van der Waals surface area contributed by atoms with Crippen LogP contribution in [0.15, 0.2) is 51.6 Å². The first-order valence-corrected chi connectivity index (χ1v) is 7.01. The Morgan fingerprint density at radius 3 is 2.70 bits per heavy atom. The number of furan rings is 1. The first kappa shape index (κ1) is 14.8. The Hall–Kier alpha value is -3.09. The van der Waals surface area contributed by atoms with Gasteiger partial charge in [-0.25, -0.2) is 4.79 Å². The molecule has 0 saturated carbocycles. The van der Waals surface area contributed by atoms with E-state index in [0.717, 1.165) is 5.56 Å². The third-order valence-corrected chi connectivity index (χ3v) is 2.98. The lowest BCUT2D eigenvalue weighted by Crippen LogP contribution is -2.02. The summed E-state index contributed by atoms with van der Waals surface area (Å²) >= 11 is 0. The summed E-state index contributed by atoms with van der Waals surface area (Å²) in [4.78, 5) is 11.5. The Balaban J connectivity index is 1.59. The van der Waals surface area contributed by atoms with E-state index in [1.807, 2.05) is 12.1 Å². The van der Waals surface area contributed by atoms with E-state index in [1.54, 1.807) is 31.2 Å². The number of benzene rings is 1. The molecule has 0 bridgehead atoms. The Bertz CT molecular complexity index is 762. The minimum Gasteiger partial charge on any atom is -0.486 e. The van der Waals surface area contributed by atoms with Crippen LogP contribution in [0.3, 0.4) is 0 Å². The van der Waals surface area contributed by atoms with Gasteiger partial charge in [-0.15, -0.1) is 10.2 Å². The van der Waals surface area contributed by atoms with Gasteiger partial charge >= 0.3 is 5.97 Å². The van der Waals surface area contributed by atoms with Gasteiger partial charge in [-0.1, -0.05) is 0 Å². The van der Waals surface area contributed by atoms with Gasteiger partial charge in [0, 0.05) is 5.56 Å². The molecule has 0 aliphatic carbocycles. The highest BCUT2D eigenvalue weighted by Crippen LogP contribution is 2.21. The fourth-order valence-corrected chi connectivity index (χ4v) is 1.91. The third kappa shape index (κ3) is 3.57. The number of carbonyl (C=O) groups excluding carboxylic acids is 1. The summed E-state index contributed by atoms with van der Waals surface area (Å²) < 4.78 is 20.9. The molecule has 0 saturated heterocycles. The quantitative estimate of drug-likeness (QED) is 0.646. The Morgan fingerprint density at radius 2 is 2.00 bits per heavy atom. The molecule has 0 aliphatic heterocycles. The summed E-state index contributed by atoms with van der Waals surface area (Å²) in [6, 6.07) is 10.4. The summed E-state index contributed by atoms with van der Waals surface area (Å²) in [5, 5.41) is 7.46. The standard InChI is InChI=1S/C16H14N2O5/c1-2-20-16(19)14-8-7-13(23-14)9-21-12-5-3-11(4-6-12)15-18-17-10-22-15/h3-8,10H,2,9H2,1H3. The van der Waals surface area contributed by atoms with Gasteiger partial charge in [0.05, 0.1) is 6.61 Å². The maximum Gasteiger partial charge on any atom is 0.374 e. The largest absolute Gasteiger partial charge is 0.486 e. The molecule has 0 amide bonds. The van der Waals surface area contributed by atoms with Crippen LogP contribution >= 0.6 is 0 Å². The third-order valence-electron chi connectivity index (χ3n) is 2.98. The van der Waals surface area contributed by atoms with Gasteiger partial charge in [0.25, 0.3) is 0 Å². The maximum atomic E-state index is 11.5. The summed E-state index contributed by atoms with van der Waals surface area (Å²) in [6.45, 7) is 2.25. The molecule has 0 unspecified atom stereocenters. The summed E-state index contributed by atoms with van der Waals surface area (Å²) in [6.07, 6.45) is 1.28. The van der Waals surface area contributed by atoms with Crippen LogP contribution in [0.4, 0.5) is 0 Å². The second-order valence-electron chi connectivity index (χ2n) is 4.54. The zero-order chi connectivity index (χ0) is 16.1. The van der Waals surface area contributed by atoms with Crippen molar-refractivity contribution in [1.29, 1.82) is 0 Å². The van der Waals surface area contributed by atoms with Gasteiger partial charge in [0.15, 0.2) is 0 Å². The van der Waals surface area contributed by atoms with Gasteiger partial charge in [-0.2, -0.15) is 0 Å². The molecule has 7 nitrogen and oxygen atoms in total. The Labute approximate surface area is 131 Å². The lowest BCUT2D eigenvalue weighted by Gasteiger charge is -2.04. The number of nitrogens with zero attached hydrogens (tertiary/aromatic N) is 2. The molecule has 0 aliphatic rings. The molecule has 0 N–H and O–H groups in total. The maximum absolute atomic E-state index is 11.5. The van der Waals surface area contributed by atoms with Crippen LogP contribution in [0, 0.1) is 0 Å². The van der Waals surface area contributed by atoms with Crippen LogP contribution in [0.25, 0.3) is 11.5 Å². The van der Waals surface area contributed by atoms with Crippen molar-refractivity contribution in [2.75, 3.05) is 6.61 Å². The molecule has 2 aromatic heterocycles. The van der Waals surface area contributed by atoms with E-state index in [4.69, 9.17) is 18.3 Å². The van der Waals surface area contributed by atoms with E-state index in [0.29, 0.717) is 24.0 Å². The van der Waals surface area contributed by atoms with Crippen LogP contribution in [-0.2, 0) is 11.3 Å². The normalized spacial score (nSPS) is 10.5. The Morgan fingerprint density at radius 1 is 1.17 bits per heavy atom. The molecule has 2 heterocycles. The van der Waals surface area contributed by atoms with Crippen LogP contribution in [0.5, 0.6) is 5.75 Å². The Kier molecular flexibility index (Phi) is 4.37. The van der Waals surface area contributed by atoms with Gasteiger partial charge < -0.3 is 18.3 Å². The number of rotatable bonds is 6. The zero-order valence-corrected chi connectivity index (χ0v) is 12.4. The van der Waals surface area contributed by atoms with Crippen molar-refractivity contribution in [2.45, 2.75) is 13.5 Å². The van der Waals surface area contributed by atoms with Gasteiger partial charge in [0.2, 0.25) is 18.0 Å². The lowest BCUT2D eigenvalue weighted by atomic mass is 10.2. The zero-order valence-electron chi connectivity index (χ0n) is 12.4. The first-order chi connectivity index (χ1) is 11.3. The number of esters is 1. The molecule has 0 spiro atoms. The number of hydrogen-bond donors (Lipinski definition) is 0. The van der Waals surface area contributed by atoms with Crippen molar-refractivity contribution in [3.63, 3.8) is 0 Å². The predicted molar refractivity (Wildman–Crippen MR) is 78.7 cm³/mol. The molecule has 3 aromatic rings. The van der Waals surface area contributed by atoms with E-state index >= 15 is 0 Å². The van der Waals surface area contributed by atoms with Gasteiger partial charge in [0.1, 0.15) is 18.1 Å². The summed E-state index contributed by atoms with van der Waals surface area (Å²) in [7, 11) is 0. The second kappa shape index (κ2) is 6.78. The average Bonchev–Trinajstić information content (AvgIpc) is 3.25. The first-order valence-electron chi connectivity index (χ1n) is 7.01. The van der Waals surface area contributed by atoms with Crippen LogP contribution in [0.1, 0.15) is 23.2 Å². The van der Waals surface area contributed by atoms with Crippen LogP contribution in [-0.4, -0.2) is 22.8 Å². The molecule has 3 rings (SSSR count). The average molecular weight is 314 g/mol. The van der Waals surface area contributed by atoms with Crippen molar-refractivity contribution in [2.24, 2.45) is 0 Å². The molecule has 0 fully saturated rings. The molecule has 0 radical (unpaired) electrons. The highest BCUT2D eigenvalue weighted by molar-refractivity contribution is 5.86. The van der Waals surface area contributed by atoms with Crippen molar-refractivity contribution in [1.82, 2.24) is 10.2 Å². The molecule has 118 valence electrons. The van der Waals surface area contributed by atoms with E-state index in [1.165, 1.54) is 6.39 Å². The molecule has 23 heavy (non-hydrogen) atoms. The van der Waals surface area contributed by atoms with E-state index in [2.05, 4.69) is 10.2 Å². The fraction of sp³-hybridized carbons (Fsp3) is 0.188. The molecule has 0 atom stereocenters. The summed E-state index contributed by atoms with van der Waals surface area (Å²) in [5.41, 5.74) is 0.803. The van der Waals surface area contributed by atoms with Crippen LogP contribution in [0.2, 0.25) is 0 Å². The van der Waals surface area contributed by atoms with Crippen molar-refractivity contribution >= 4 is 5.97 Å². The van der Waals surface area contributed by atoms with E-state index in [-0.39, 0.29) is 12.4 Å². The fourth-order valence-electron chi connectivity index (χ4n) is 1.91. The van der Waals surface area contributed by atoms with Crippen molar-refractivity contribution in [3.8, 4) is 17.2 Å². The second-order valence-corrected chi connectivity index (χ2v) is 4.54. The highest BCUT2D eigenvalue weighted by atomic mass is 16.5. The number of aromatic nitrogens is 2. The predicted octanol–water partition coefficient (Wildman–Crippen LogP) is 3.09. The number of ether oxygens (including phenoxy) is 2. The minimum absolute atomic E-state index is 0.164. The van der Waals surface area contributed by atoms with E-state index < -0.39 is 5.97 Å². The monoisotopic (exact) mass is 314 g/mol. The van der Waals surface area contributed by atoms with E-state index in [9.17, 15) is 4.79 Å². The smallest absolute Gasteiger partial charge is 0.374 e. The van der Waals surface area contributed by atoms with Crippen molar-refractivity contribution in [3.05, 3.63) is 54.3 Å². The molecular formula is C16H14N2O5. The van der Waals surface area contributed by atoms with Crippen molar-refractivity contribution < 1.29 is 23.1 Å². The molecular weight excluding hydrogens is 300 g/mol. The van der Waals surface area contributed by atoms with Crippen LogP contribution < -0.4 is 4.74 Å². The number of carbonyl (C=O) groups is 1. The summed E-state index contributed by atoms with van der Waals surface area (Å²) in [5.74, 6) is 1.32. The highest BCUT2D eigenvalue weighted by Gasteiger charge is 2.12. The lowest BCUT2D eigenvalue weighted by molar-refractivity contribution is 0.0486. The van der Waals surface area contributed by atoms with Gasteiger partial charge in [-0.05, 0) is 43.3 Å². The molecule has 7 heteroatoms. The minimum atomic E-state index is -0.484. The topological polar surface area (TPSA) is 87.6 Å². The SMILES string of the molecule is CCOC(=O)c1ccc(COc2ccc(-c3nnco3)cc2)o1. The van der Waals surface area contributed by atoms with Gasteiger partial charge in [-0.3, -0.25) is 0 Å².